The highest BCUT2D eigenvalue weighted by Crippen LogP contribution is 2.40. The minimum absolute atomic E-state index is 0.0174. The van der Waals surface area contributed by atoms with Crippen LogP contribution in [0.5, 0.6) is 5.75 Å². The van der Waals surface area contributed by atoms with E-state index in [-0.39, 0.29) is 23.9 Å². The van der Waals surface area contributed by atoms with Crippen LogP contribution in [0.15, 0.2) is 48.7 Å². The summed E-state index contributed by atoms with van der Waals surface area (Å²) in [6.45, 7) is 4.20. The quantitative estimate of drug-likeness (QED) is 0.295. The summed E-state index contributed by atoms with van der Waals surface area (Å²) in [5.74, 6) is 1.55. The highest BCUT2D eigenvalue weighted by molar-refractivity contribution is 5.99. The first-order chi connectivity index (χ1) is 21.9. The van der Waals surface area contributed by atoms with Gasteiger partial charge in [-0.25, -0.2) is 9.50 Å². The molecule has 1 aromatic carbocycles. The monoisotopic (exact) mass is 601 g/mol. The standard InChI is InChI=1S/C35H35N7O3/c1-18-31(39-42-17-24(13-29(45-2)32(18)42)35(44)41-16-23-8-10-27(41)30(23)36)28-12-21-7-9-26(38-33(21)40(28)15-19-3-4-19)20-5-6-22-14-37-34(43)25(22)11-20/h5-7,9,11-13,17,19,23,27,30H,3-4,8,10,14-16,36H2,1-2H3,(H,37,43)/t23?,27?,30-/m1/s1. The fraction of sp³-hybridized carbons (Fsp3) is 0.371. The summed E-state index contributed by atoms with van der Waals surface area (Å²) >= 11 is 0. The first-order valence-corrected chi connectivity index (χ1v) is 15.9. The van der Waals surface area contributed by atoms with Gasteiger partial charge in [-0.1, -0.05) is 12.1 Å². The summed E-state index contributed by atoms with van der Waals surface area (Å²) < 4.78 is 9.96. The largest absolute Gasteiger partial charge is 0.494 e. The Labute approximate surface area is 260 Å². The Morgan fingerprint density at radius 2 is 1.98 bits per heavy atom. The SMILES string of the molecule is COc1cc(C(=O)N2CC3CCC2[C@@H]3N)cn2nc(-c3cc4ccc(-c5ccc6c(c5)C(=O)NC6)nc4n3CC3CC3)c(C)c12. The lowest BCUT2D eigenvalue weighted by Gasteiger charge is -2.27. The molecular formula is C35H35N7O3. The van der Waals surface area contributed by atoms with E-state index >= 15 is 0 Å². The van der Waals surface area contributed by atoms with E-state index in [1.165, 1.54) is 12.8 Å². The molecule has 0 spiro atoms. The minimum Gasteiger partial charge on any atom is -0.494 e. The second kappa shape index (κ2) is 9.65. The molecule has 6 heterocycles. The van der Waals surface area contributed by atoms with Crippen molar-refractivity contribution in [1.29, 1.82) is 0 Å². The molecule has 10 nitrogen and oxygen atoms in total. The molecule has 5 aromatic rings. The number of nitrogens with two attached hydrogens (primary N) is 1. The van der Waals surface area contributed by atoms with Gasteiger partial charge in [0.05, 0.1) is 24.1 Å². The Morgan fingerprint density at radius 3 is 2.73 bits per heavy atom. The van der Waals surface area contributed by atoms with Crippen LogP contribution in [0.4, 0.5) is 0 Å². The zero-order valence-electron chi connectivity index (χ0n) is 25.4. The van der Waals surface area contributed by atoms with Gasteiger partial charge in [-0.05, 0) is 80.3 Å². The van der Waals surface area contributed by atoms with E-state index in [1.807, 2.05) is 41.4 Å². The van der Waals surface area contributed by atoms with Crippen molar-refractivity contribution in [3.63, 3.8) is 0 Å². The average Bonchev–Trinajstić information content (AvgIpc) is 3.26. The first kappa shape index (κ1) is 26.7. The molecule has 0 radical (unpaired) electrons. The van der Waals surface area contributed by atoms with Crippen LogP contribution in [0.2, 0.25) is 0 Å². The topological polar surface area (TPSA) is 120 Å². The molecule has 3 N–H and O–H groups in total. The number of nitrogens with zero attached hydrogens (tertiary/aromatic N) is 5. The number of hydrogen-bond acceptors (Lipinski definition) is 6. The Bertz CT molecular complexity index is 2070. The molecule has 3 fully saturated rings. The van der Waals surface area contributed by atoms with Crippen LogP contribution in [0, 0.1) is 18.8 Å². The molecule has 2 aliphatic carbocycles. The Kier molecular flexibility index (Phi) is 5.72. The lowest BCUT2D eigenvalue weighted by atomic mass is 10.0. The van der Waals surface area contributed by atoms with E-state index < -0.39 is 0 Å². The molecule has 3 atom stereocenters. The predicted octanol–water partition coefficient (Wildman–Crippen LogP) is 4.55. The molecule has 228 valence electrons. The van der Waals surface area contributed by atoms with Crippen molar-refractivity contribution in [2.75, 3.05) is 13.7 Å². The van der Waals surface area contributed by atoms with Crippen LogP contribution < -0.4 is 15.8 Å². The summed E-state index contributed by atoms with van der Waals surface area (Å²) in [5, 5.41) is 9.02. The Morgan fingerprint density at radius 1 is 1.11 bits per heavy atom. The summed E-state index contributed by atoms with van der Waals surface area (Å²) in [5.41, 5.74) is 15.0. The van der Waals surface area contributed by atoms with E-state index in [4.69, 9.17) is 20.6 Å². The number of nitrogens with one attached hydrogen (secondary N) is 1. The maximum atomic E-state index is 13.7. The fourth-order valence-electron chi connectivity index (χ4n) is 7.85. The number of hydrogen-bond donors (Lipinski definition) is 2. The van der Waals surface area contributed by atoms with Gasteiger partial charge >= 0.3 is 0 Å². The zero-order valence-corrected chi connectivity index (χ0v) is 25.4. The van der Waals surface area contributed by atoms with Crippen molar-refractivity contribution >= 4 is 28.4 Å². The minimum atomic E-state index is -0.0360. The predicted molar refractivity (Wildman–Crippen MR) is 170 cm³/mol. The number of fused-ring (bicyclic) bond motifs is 5. The molecular weight excluding hydrogens is 566 g/mol. The maximum Gasteiger partial charge on any atom is 0.255 e. The number of aromatic nitrogens is 4. The van der Waals surface area contributed by atoms with Gasteiger partial charge in [-0.15, -0.1) is 0 Å². The molecule has 10 heteroatoms. The first-order valence-electron chi connectivity index (χ1n) is 15.9. The number of likely N-dealkylation sites (tertiary alicyclic amines) is 1. The van der Waals surface area contributed by atoms with Crippen molar-refractivity contribution in [3.05, 3.63) is 70.9 Å². The molecule has 45 heavy (non-hydrogen) atoms. The summed E-state index contributed by atoms with van der Waals surface area (Å²) in [7, 11) is 1.64. The Balaban J connectivity index is 1.15. The number of benzene rings is 1. The number of rotatable bonds is 6. The maximum absolute atomic E-state index is 13.7. The highest BCUT2D eigenvalue weighted by Gasteiger charge is 2.47. The molecule has 1 saturated heterocycles. The lowest BCUT2D eigenvalue weighted by Crippen LogP contribution is -2.41. The summed E-state index contributed by atoms with van der Waals surface area (Å²) in [4.78, 5) is 33.2. The highest BCUT2D eigenvalue weighted by atomic mass is 16.5. The van der Waals surface area contributed by atoms with Gasteiger partial charge in [0, 0.05) is 60.0 Å². The van der Waals surface area contributed by atoms with Crippen molar-refractivity contribution in [2.45, 2.75) is 57.8 Å². The van der Waals surface area contributed by atoms with Crippen molar-refractivity contribution in [2.24, 2.45) is 17.6 Å². The molecule has 2 bridgehead atoms. The summed E-state index contributed by atoms with van der Waals surface area (Å²) in [6, 6.07) is 14.3. The molecule has 2 saturated carbocycles. The van der Waals surface area contributed by atoms with Crippen LogP contribution >= 0.6 is 0 Å². The molecule has 9 rings (SSSR count). The van der Waals surface area contributed by atoms with Gasteiger partial charge in [-0.2, -0.15) is 5.10 Å². The molecule has 2 unspecified atom stereocenters. The Hall–Kier alpha value is -4.70. The van der Waals surface area contributed by atoms with Gasteiger partial charge in [0.25, 0.3) is 11.8 Å². The van der Waals surface area contributed by atoms with Crippen LogP contribution in [-0.2, 0) is 13.1 Å². The molecule has 4 aliphatic rings. The normalized spacial score (nSPS) is 22.1. The van der Waals surface area contributed by atoms with Crippen LogP contribution in [0.25, 0.3) is 39.2 Å². The number of piperidine rings is 1. The molecule has 2 aliphatic heterocycles. The van der Waals surface area contributed by atoms with E-state index in [0.29, 0.717) is 36.2 Å². The van der Waals surface area contributed by atoms with Crippen LogP contribution in [-0.4, -0.2) is 61.6 Å². The number of carbonyl (C=O) groups excluding carboxylic acids is 2. The smallest absolute Gasteiger partial charge is 0.255 e. The van der Waals surface area contributed by atoms with Crippen molar-refractivity contribution in [1.82, 2.24) is 29.4 Å². The van der Waals surface area contributed by atoms with Gasteiger partial charge < -0.3 is 25.3 Å². The number of aryl methyl sites for hydroxylation is 1. The van der Waals surface area contributed by atoms with Gasteiger partial charge in [0.2, 0.25) is 0 Å². The number of amides is 2. The lowest BCUT2D eigenvalue weighted by molar-refractivity contribution is 0.0699. The van der Waals surface area contributed by atoms with Crippen molar-refractivity contribution in [3.8, 4) is 28.4 Å². The zero-order chi connectivity index (χ0) is 30.6. The third-order valence-corrected chi connectivity index (χ3v) is 10.5. The number of pyridine rings is 2. The summed E-state index contributed by atoms with van der Waals surface area (Å²) in [6.07, 6.45) is 6.29. The van der Waals surface area contributed by atoms with Crippen LogP contribution in [0.3, 0.4) is 0 Å². The van der Waals surface area contributed by atoms with E-state index in [9.17, 15) is 9.59 Å². The third-order valence-electron chi connectivity index (χ3n) is 10.5. The number of methoxy groups -OCH3 is 1. The van der Waals surface area contributed by atoms with E-state index in [0.717, 1.165) is 75.3 Å². The number of carbonyl (C=O) groups is 2. The average molecular weight is 602 g/mol. The van der Waals surface area contributed by atoms with Crippen LogP contribution in [0.1, 0.15) is 57.5 Å². The molecule has 4 aromatic heterocycles. The second-order valence-electron chi connectivity index (χ2n) is 13.3. The van der Waals surface area contributed by atoms with Crippen molar-refractivity contribution < 1.29 is 14.3 Å². The fourth-order valence-corrected chi connectivity index (χ4v) is 7.85. The number of ether oxygens (including phenoxy) is 1. The van der Waals surface area contributed by atoms with Gasteiger partial charge in [-0.3, -0.25) is 9.59 Å². The van der Waals surface area contributed by atoms with E-state index in [2.05, 4.69) is 28.9 Å². The van der Waals surface area contributed by atoms with Gasteiger partial charge in [0.15, 0.2) is 0 Å². The van der Waals surface area contributed by atoms with Gasteiger partial charge in [0.1, 0.15) is 22.6 Å². The molecule has 2 amide bonds. The second-order valence-corrected chi connectivity index (χ2v) is 13.3. The van der Waals surface area contributed by atoms with E-state index in [1.54, 1.807) is 11.6 Å². The third kappa shape index (κ3) is 4.04.